The Morgan fingerprint density at radius 3 is 3.00 bits per heavy atom. The molecule has 0 radical (unpaired) electrons. The van der Waals surface area contributed by atoms with Gasteiger partial charge in [0.1, 0.15) is 11.6 Å². The highest BCUT2D eigenvalue weighted by molar-refractivity contribution is 5.03. The third kappa shape index (κ3) is 2.20. The van der Waals surface area contributed by atoms with Crippen LogP contribution in [0.3, 0.4) is 0 Å². The summed E-state index contributed by atoms with van der Waals surface area (Å²) in [6.45, 7) is 7.49. The third-order valence-electron chi connectivity index (χ3n) is 3.07. The van der Waals surface area contributed by atoms with Crippen molar-refractivity contribution in [3.8, 4) is 0 Å². The summed E-state index contributed by atoms with van der Waals surface area (Å²) in [6, 6.07) is 0. The number of hydrogen-bond donors (Lipinski definition) is 1. The van der Waals surface area contributed by atoms with E-state index in [0.29, 0.717) is 5.92 Å². The number of aromatic nitrogens is 3. The van der Waals surface area contributed by atoms with Crippen LogP contribution in [0.2, 0.25) is 0 Å². The quantitative estimate of drug-likeness (QED) is 0.818. The molecular formula is C11H20N4. The lowest BCUT2D eigenvalue weighted by molar-refractivity contribution is 0.429. The third-order valence-corrected chi connectivity index (χ3v) is 3.07. The molecule has 1 aromatic heterocycles. The number of nitrogens with zero attached hydrogens (tertiary/aromatic N) is 3. The van der Waals surface area contributed by atoms with Crippen molar-refractivity contribution in [2.45, 2.75) is 45.6 Å². The van der Waals surface area contributed by atoms with Gasteiger partial charge < -0.3 is 9.88 Å². The molecule has 1 unspecified atom stereocenters. The molecule has 1 fully saturated rings. The fourth-order valence-electron chi connectivity index (χ4n) is 2.27. The van der Waals surface area contributed by atoms with Crippen LogP contribution in [0.5, 0.6) is 0 Å². The highest BCUT2D eigenvalue weighted by Gasteiger charge is 2.21. The van der Waals surface area contributed by atoms with Gasteiger partial charge in [0.05, 0.1) is 0 Å². The van der Waals surface area contributed by atoms with Crippen LogP contribution in [-0.4, -0.2) is 27.9 Å². The van der Waals surface area contributed by atoms with E-state index >= 15 is 0 Å². The van der Waals surface area contributed by atoms with Crippen LogP contribution < -0.4 is 5.32 Å². The second kappa shape index (κ2) is 4.75. The van der Waals surface area contributed by atoms with Gasteiger partial charge in [-0.15, -0.1) is 10.2 Å². The summed E-state index contributed by atoms with van der Waals surface area (Å²) in [7, 11) is 0. The van der Waals surface area contributed by atoms with Crippen LogP contribution in [-0.2, 0) is 6.54 Å². The van der Waals surface area contributed by atoms with Gasteiger partial charge in [-0.2, -0.15) is 0 Å². The molecule has 2 heterocycles. The summed E-state index contributed by atoms with van der Waals surface area (Å²) in [6.07, 6.45) is 3.64. The maximum absolute atomic E-state index is 4.33. The monoisotopic (exact) mass is 208 g/mol. The van der Waals surface area contributed by atoms with Crippen LogP contribution in [0.1, 0.15) is 43.8 Å². The molecule has 0 aromatic carbocycles. The van der Waals surface area contributed by atoms with Gasteiger partial charge in [-0.1, -0.05) is 6.92 Å². The number of piperidine rings is 1. The minimum atomic E-state index is 0.562. The topological polar surface area (TPSA) is 42.7 Å². The average Bonchev–Trinajstić information content (AvgIpc) is 2.63. The molecule has 0 amide bonds. The minimum absolute atomic E-state index is 0.562. The van der Waals surface area contributed by atoms with Gasteiger partial charge in [0.2, 0.25) is 0 Å². The highest BCUT2D eigenvalue weighted by atomic mass is 15.3. The summed E-state index contributed by atoms with van der Waals surface area (Å²) in [5, 5.41) is 12.0. The van der Waals surface area contributed by atoms with Crippen LogP contribution >= 0.6 is 0 Å². The van der Waals surface area contributed by atoms with Crippen molar-refractivity contribution in [1.29, 1.82) is 0 Å². The van der Waals surface area contributed by atoms with E-state index in [1.54, 1.807) is 0 Å². The van der Waals surface area contributed by atoms with E-state index in [2.05, 4.69) is 27.0 Å². The van der Waals surface area contributed by atoms with Gasteiger partial charge >= 0.3 is 0 Å². The molecule has 0 aliphatic carbocycles. The zero-order chi connectivity index (χ0) is 10.7. The van der Waals surface area contributed by atoms with E-state index in [1.165, 1.54) is 18.7 Å². The second-order valence-corrected chi connectivity index (χ2v) is 4.30. The Morgan fingerprint density at radius 1 is 1.47 bits per heavy atom. The van der Waals surface area contributed by atoms with Crippen LogP contribution in [0.25, 0.3) is 0 Å². The van der Waals surface area contributed by atoms with Crippen molar-refractivity contribution in [1.82, 2.24) is 20.1 Å². The van der Waals surface area contributed by atoms with Crippen molar-refractivity contribution in [3.05, 3.63) is 11.6 Å². The average molecular weight is 208 g/mol. The SMILES string of the molecule is CCCn1c(C)nnc1C1CCCNC1. The molecule has 15 heavy (non-hydrogen) atoms. The van der Waals surface area contributed by atoms with Crippen molar-refractivity contribution in [2.24, 2.45) is 0 Å². The Kier molecular flexibility index (Phi) is 3.36. The van der Waals surface area contributed by atoms with E-state index < -0.39 is 0 Å². The summed E-state index contributed by atoms with van der Waals surface area (Å²) >= 11 is 0. The molecule has 1 saturated heterocycles. The molecule has 1 aromatic rings. The normalized spacial score (nSPS) is 21.9. The summed E-state index contributed by atoms with van der Waals surface area (Å²) < 4.78 is 2.28. The fraction of sp³-hybridized carbons (Fsp3) is 0.818. The Hall–Kier alpha value is -0.900. The van der Waals surface area contributed by atoms with E-state index in [-0.39, 0.29) is 0 Å². The number of rotatable bonds is 3. The van der Waals surface area contributed by atoms with E-state index in [1.807, 2.05) is 6.92 Å². The summed E-state index contributed by atoms with van der Waals surface area (Å²) in [5.74, 6) is 2.80. The molecule has 1 aliphatic rings. The van der Waals surface area contributed by atoms with Gasteiger partial charge in [0.25, 0.3) is 0 Å². The van der Waals surface area contributed by atoms with E-state index in [4.69, 9.17) is 0 Å². The van der Waals surface area contributed by atoms with Crippen molar-refractivity contribution < 1.29 is 0 Å². The standard InChI is InChI=1S/C11H20N4/c1-3-7-15-9(2)13-14-11(15)10-5-4-6-12-8-10/h10,12H,3-8H2,1-2H3. The lowest BCUT2D eigenvalue weighted by Crippen LogP contribution is -2.30. The molecular weight excluding hydrogens is 188 g/mol. The molecule has 1 N–H and O–H groups in total. The molecule has 84 valence electrons. The van der Waals surface area contributed by atoms with Crippen LogP contribution in [0.15, 0.2) is 0 Å². The number of hydrogen-bond acceptors (Lipinski definition) is 3. The minimum Gasteiger partial charge on any atom is -0.316 e. The Balaban J connectivity index is 2.18. The van der Waals surface area contributed by atoms with E-state index in [0.717, 1.165) is 31.9 Å². The lowest BCUT2D eigenvalue weighted by Gasteiger charge is -2.22. The predicted molar refractivity (Wildman–Crippen MR) is 59.9 cm³/mol. The molecule has 1 aliphatic heterocycles. The molecule has 0 bridgehead atoms. The van der Waals surface area contributed by atoms with E-state index in [9.17, 15) is 0 Å². The largest absolute Gasteiger partial charge is 0.316 e. The Bertz CT molecular complexity index is 312. The zero-order valence-corrected chi connectivity index (χ0v) is 9.66. The maximum Gasteiger partial charge on any atom is 0.137 e. The predicted octanol–water partition coefficient (Wildman–Crippen LogP) is 1.46. The van der Waals surface area contributed by atoms with Crippen molar-refractivity contribution in [3.63, 3.8) is 0 Å². The molecule has 4 heteroatoms. The zero-order valence-electron chi connectivity index (χ0n) is 9.66. The molecule has 0 spiro atoms. The molecule has 4 nitrogen and oxygen atoms in total. The van der Waals surface area contributed by atoms with Gasteiger partial charge in [-0.25, -0.2) is 0 Å². The maximum atomic E-state index is 4.33. The second-order valence-electron chi connectivity index (χ2n) is 4.30. The van der Waals surface area contributed by atoms with Crippen molar-refractivity contribution >= 4 is 0 Å². The van der Waals surface area contributed by atoms with Gasteiger partial charge in [0.15, 0.2) is 0 Å². The molecule has 1 atom stereocenters. The first-order valence-electron chi connectivity index (χ1n) is 5.93. The number of aryl methyl sites for hydroxylation is 1. The molecule has 2 rings (SSSR count). The van der Waals surface area contributed by atoms with Gasteiger partial charge in [-0.05, 0) is 32.7 Å². The van der Waals surface area contributed by atoms with Gasteiger partial charge in [0, 0.05) is 19.0 Å². The smallest absolute Gasteiger partial charge is 0.137 e. The first-order valence-corrected chi connectivity index (χ1v) is 5.93. The highest BCUT2D eigenvalue weighted by Crippen LogP contribution is 2.22. The van der Waals surface area contributed by atoms with Crippen molar-refractivity contribution in [2.75, 3.05) is 13.1 Å². The fourth-order valence-corrected chi connectivity index (χ4v) is 2.27. The number of nitrogens with one attached hydrogen (secondary N) is 1. The first-order chi connectivity index (χ1) is 7.33. The van der Waals surface area contributed by atoms with Crippen LogP contribution in [0.4, 0.5) is 0 Å². The lowest BCUT2D eigenvalue weighted by atomic mass is 9.99. The Labute approximate surface area is 91.1 Å². The molecule has 0 saturated carbocycles. The first kappa shape index (κ1) is 10.6. The van der Waals surface area contributed by atoms with Gasteiger partial charge in [-0.3, -0.25) is 0 Å². The summed E-state index contributed by atoms with van der Waals surface area (Å²) in [5.41, 5.74) is 0. The Morgan fingerprint density at radius 2 is 2.33 bits per heavy atom. The summed E-state index contributed by atoms with van der Waals surface area (Å²) in [4.78, 5) is 0. The van der Waals surface area contributed by atoms with Crippen LogP contribution in [0, 0.1) is 6.92 Å².